The van der Waals surface area contributed by atoms with E-state index in [4.69, 9.17) is 14.2 Å². The van der Waals surface area contributed by atoms with Crippen LogP contribution in [0.25, 0.3) is 0 Å². The summed E-state index contributed by atoms with van der Waals surface area (Å²) in [6.45, 7) is 5.40. The minimum atomic E-state index is -0.467. The smallest absolute Gasteiger partial charge is 0.0897 e. The van der Waals surface area contributed by atoms with Crippen molar-refractivity contribution in [3.8, 4) is 0 Å². The van der Waals surface area contributed by atoms with Gasteiger partial charge in [0.2, 0.25) is 0 Å². The average molecular weight is 264 g/mol. The second-order valence-corrected chi connectivity index (χ2v) is 4.22. The molecule has 0 aromatic rings. The minimum Gasteiger partial charge on any atom is -0.389 e. The molecule has 0 heterocycles. The van der Waals surface area contributed by atoms with Gasteiger partial charge in [0, 0.05) is 40.4 Å². The number of rotatable bonds is 13. The van der Waals surface area contributed by atoms with Crippen LogP contribution < -0.4 is 5.32 Å². The van der Waals surface area contributed by atoms with Gasteiger partial charge in [0.1, 0.15) is 0 Å². The molecule has 110 valence electrons. The van der Waals surface area contributed by atoms with Crippen molar-refractivity contribution in [2.24, 2.45) is 0 Å². The van der Waals surface area contributed by atoms with Gasteiger partial charge in [0.15, 0.2) is 0 Å². The van der Waals surface area contributed by atoms with Gasteiger partial charge in [-0.2, -0.15) is 0 Å². The summed E-state index contributed by atoms with van der Waals surface area (Å²) < 4.78 is 15.1. The van der Waals surface area contributed by atoms with Crippen molar-refractivity contribution in [1.29, 1.82) is 0 Å². The summed E-state index contributed by atoms with van der Waals surface area (Å²) in [6.07, 6.45) is -0.467. The number of nitrogens with zero attached hydrogens (tertiary/aromatic N) is 1. The lowest BCUT2D eigenvalue weighted by atomic mass is 10.3. The lowest BCUT2D eigenvalue weighted by molar-refractivity contribution is 0.0137. The molecule has 0 radical (unpaired) electrons. The van der Waals surface area contributed by atoms with E-state index in [9.17, 15) is 5.11 Å². The molecule has 0 saturated carbocycles. The zero-order valence-electron chi connectivity index (χ0n) is 11.9. The van der Waals surface area contributed by atoms with Gasteiger partial charge >= 0.3 is 0 Å². The van der Waals surface area contributed by atoms with E-state index in [1.165, 1.54) is 0 Å². The Morgan fingerprint density at radius 2 is 1.83 bits per heavy atom. The molecule has 1 unspecified atom stereocenters. The number of ether oxygens (including phenoxy) is 3. The number of hydrogen-bond donors (Lipinski definition) is 2. The Bertz CT molecular complexity index is 172. The first-order valence-corrected chi connectivity index (χ1v) is 6.33. The van der Waals surface area contributed by atoms with Gasteiger partial charge in [-0.15, -0.1) is 0 Å². The lowest BCUT2D eigenvalue weighted by Gasteiger charge is -2.17. The molecule has 0 saturated heterocycles. The molecule has 0 aliphatic carbocycles. The highest BCUT2D eigenvalue weighted by Crippen LogP contribution is 1.85. The molecule has 1 atom stereocenters. The standard InChI is InChI=1S/C12H28N2O4/c1-14(6-7-16-2)5-4-13-10-12(15)11-18-9-8-17-3/h12-13,15H,4-11H2,1-3H3. The van der Waals surface area contributed by atoms with Gasteiger partial charge in [-0.1, -0.05) is 0 Å². The fraction of sp³-hybridized carbons (Fsp3) is 1.00. The molecule has 6 heteroatoms. The molecule has 0 fully saturated rings. The van der Waals surface area contributed by atoms with Gasteiger partial charge in [0.25, 0.3) is 0 Å². The Morgan fingerprint density at radius 3 is 2.50 bits per heavy atom. The summed E-state index contributed by atoms with van der Waals surface area (Å²) in [5, 5.41) is 12.8. The molecule has 0 aromatic carbocycles. The molecule has 0 aromatic heterocycles. The Hall–Kier alpha value is -0.240. The van der Waals surface area contributed by atoms with Gasteiger partial charge < -0.3 is 29.5 Å². The first-order valence-electron chi connectivity index (χ1n) is 6.33. The second kappa shape index (κ2) is 13.2. The van der Waals surface area contributed by atoms with Crippen molar-refractivity contribution in [1.82, 2.24) is 10.2 Å². The monoisotopic (exact) mass is 264 g/mol. The van der Waals surface area contributed by atoms with E-state index in [2.05, 4.69) is 10.2 Å². The summed E-state index contributed by atoms with van der Waals surface area (Å²) in [7, 11) is 5.37. The normalized spacial score (nSPS) is 13.2. The minimum absolute atomic E-state index is 0.343. The van der Waals surface area contributed by atoms with Gasteiger partial charge in [-0.3, -0.25) is 0 Å². The summed E-state index contributed by atoms with van der Waals surface area (Å²) in [5.41, 5.74) is 0. The van der Waals surface area contributed by atoms with Crippen LogP contribution in [0, 0.1) is 0 Å². The fourth-order valence-electron chi connectivity index (χ4n) is 1.32. The van der Waals surface area contributed by atoms with Crippen LogP contribution in [-0.2, 0) is 14.2 Å². The van der Waals surface area contributed by atoms with E-state index in [1.807, 2.05) is 7.05 Å². The van der Waals surface area contributed by atoms with E-state index >= 15 is 0 Å². The van der Waals surface area contributed by atoms with E-state index in [0.29, 0.717) is 26.4 Å². The summed E-state index contributed by atoms with van der Waals surface area (Å²) in [6, 6.07) is 0. The van der Waals surface area contributed by atoms with Crippen LogP contribution >= 0.6 is 0 Å². The van der Waals surface area contributed by atoms with Crippen LogP contribution in [-0.4, -0.2) is 90.0 Å². The van der Waals surface area contributed by atoms with Crippen LogP contribution in [0.1, 0.15) is 0 Å². The van der Waals surface area contributed by atoms with E-state index in [1.54, 1.807) is 14.2 Å². The van der Waals surface area contributed by atoms with Crippen LogP contribution in [0.2, 0.25) is 0 Å². The predicted molar refractivity (Wildman–Crippen MR) is 70.9 cm³/mol. The van der Waals surface area contributed by atoms with Crippen molar-refractivity contribution in [2.45, 2.75) is 6.10 Å². The molecule has 0 amide bonds. The van der Waals surface area contributed by atoms with Crippen molar-refractivity contribution in [3.05, 3.63) is 0 Å². The molecule has 0 spiro atoms. The quantitative estimate of drug-likeness (QED) is 0.424. The maximum absolute atomic E-state index is 9.59. The SMILES string of the molecule is COCCOCC(O)CNCCN(C)CCOC. The van der Waals surface area contributed by atoms with Crippen molar-refractivity contribution in [2.75, 3.05) is 73.9 Å². The van der Waals surface area contributed by atoms with Crippen LogP contribution in [0.3, 0.4) is 0 Å². The van der Waals surface area contributed by atoms with Crippen LogP contribution in [0.4, 0.5) is 0 Å². The van der Waals surface area contributed by atoms with E-state index in [-0.39, 0.29) is 0 Å². The third-order valence-electron chi connectivity index (χ3n) is 2.47. The topological polar surface area (TPSA) is 63.2 Å². The number of nitrogens with one attached hydrogen (secondary N) is 1. The fourth-order valence-corrected chi connectivity index (χ4v) is 1.32. The molecular formula is C12H28N2O4. The highest BCUT2D eigenvalue weighted by atomic mass is 16.5. The number of aliphatic hydroxyl groups excluding tert-OH is 1. The van der Waals surface area contributed by atoms with Crippen LogP contribution in [0.15, 0.2) is 0 Å². The summed E-state index contributed by atoms with van der Waals surface area (Å²) in [5.74, 6) is 0. The molecule has 6 nitrogen and oxygen atoms in total. The summed E-state index contributed by atoms with van der Waals surface area (Å²) in [4.78, 5) is 2.18. The number of aliphatic hydroxyl groups is 1. The Kier molecular flexibility index (Phi) is 13.0. The van der Waals surface area contributed by atoms with Crippen LogP contribution in [0.5, 0.6) is 0 Å². The average Bonchev–Trinajstić information content (AvgIpc) is 2.37. The Morgan fingerprint density at radius 1 is 1.11 bits per heavy atom. The zero-order valence-corrected chi connectivity index (χ0v) is 11.9. The molecule has 18 heavy (non-hydrogen) atoms. The summed E-state index contributed by atoms with van der Waals surface area (Å²) >= 11 is 0. The molecule has 2 N–H and O–H groups in total. The van der Waals surface area contributed by atoms with E-state index < -0.39 is 6.10 Å². The van der Waals surface area contributed by atoms with Gasteiger partial charge in [0.05, 0.1) is 32.5 Å². The lowest BCUT2D eigenvalue weighted by Crippen LogP contribution is -2.36. The van der Waals surface area contributed by atoms with Crippen molar-refractivity contribution >= 4 is 0 Å². The maximum Gasteiger partial charge on any atom is 0.0897 e. The Labute approximate surface area is 110 Å². The molecule has 0 aliphatic heterocycles. The molecule has 0 bridgehead atoms. The maximum atomic E-state index is 9.59. The highest BCUT2D eigenvalue weighted by molar-refractivity contribution is 4.60. The van der Waals surface area contributed by atoms with Gasteiger partial charge in [-0.25, -0.2) is 0 Å². The highest BCUT2D eigenvalue weighted by Gasteiger charge is 2.04. The number of methoxy groups -OCH3 is 2. The first kappa shape index (κ1) is 17.8. The molecule has 0 rings (SSSR count). The molecule has 0 aliphatic rings. The predicted octanol–water partition coefficient (Wildman–Crippen LogP) is -0.822. The third-order valence-corrected chi connectivity index (χ3v) is 2.47. The largest absolute Gasteiger partial charge is 0.389 e. The number of likely N-dealkylation sites (N-methyl/N-ethyl adjacent to an activating group) is 1. The third kappa shape index (κ3) is 12.2. The Balaban J connectivity index is 3.26. The van der Waals surface area contributed by atoms with Crippen molar-refractivity contribution < 1.29 is 19.3 Å². The first-order chi connectivity index (χ1) is 8.70. The van der Waals surface area contributed by atoms with Crippen molar-refractivity contribution in [3.63, 3.8) is 0 Å². The van der Waals surface area contributed by atoms with E-state index in [0.717, 1.165) is 26.2 Å². The molecular weight excluding hydrogens is 236 g/mol. The second-order valence-electron chi connectivity index (χ2n) is 4.22. The van der Waals surface area contributed by atoms with Gasteiger partial charge in [-0.05, 0) is 7.05 Å². The zero-order chi connectivity index (χ0) is 13.6. The number of hydrogen-bond acceptors (Lipinski definition) is 6.